The second-order valence-electron chi connectivity index (χ2n) is 4.75. The fourth-order valence-corrected chi connectivity index (χ4v) is 2.17. The molecule has 0 aliphatic rings. The quantitative estimate of drug-likeness (QED) is 0.638. The van der Waals surface area contributed by atoms with Crippen LogP contribution in [0.15, 0.2) is 35.3 Å². The SMILES string of the molecule is Cc1cc(C)c(N=CNc2c(F)cccc2F)c(C)c1. The van der Waals surface area contributed by atoms with E-state index in [0.717, 1.165) is 22.4 Å². The molecular weight excluding hydrogens is 258 g/mol. The first-order valence-electron chi connectivity index (χ1n) is 6.30. The van der Waals surface area contributed by atoms with E-state index in [1.54, 1.807) is 0 Å². The van der Waals surface area contributed by atoms with E-state index in [2.05, 4.69) is 10.3 Å². The van der Waals surface area contributed by atoms with Crippen LogP contribution in [0.25, 0.3) is 0 Å². The molecule has 0 amide bonds. The summed E-state index contributed by atoms with van der Waals surface area (Å²) >= 11 is 0. The smallest absolute Gasteiger partial charge is 0.149 e. The maximum Gasteiger partial charge on any atom is 0.149 e. The van der Waals surface area contributed by atoms with Gasteiger partial charge in [-0.15, -0.1) is 0 Å². The van der Waals surface area contributed by atoms with Gasteiger partial charge in [-0.25, -0.2) is 13.8 Å². The van der Waals surface area contributed by atoms with E-state index in [1.807, 2.05) is 32.9 Å². The Morgan fingerprint density at radius 2 is 1.55 bits per heavy atom. The molecule has 4 heteroatoms. The highest BCUT2D eigenvalue weighted by atomic mass is 19.1. The number of nitrogens with zero attached hydrogens (tertiary/aromatic N) is 1. The van der Waals surface area contributed by atoms with Gasteiger partial charge in [-0.05, 0) is 44.0 Å². The van der Waals surface area contributed by atoms with Crippen molar-refractivity contribution in [3.8, 4) is 0 Å². The monoisotopic (exact) mass is 274 g/mol. The summed E-state index contributed by atoms with van der Waals surface area (Å²) in [6.07, 6.45) is 1.31. The average molecular weight is 274 g/mol. The summed E-state index contributed by atoms with van der Waals surface area (Å²) in [5.74, 6) is -1.29. The lowest BCUT2D eigenvalue weighted by Gasteiger charge is -2.07. The van der Waals surface area contributed by atoms with Gasteiger partial charge in [-0.2, -0.15) is 0 Å². The van der Waals surface area contributed by atoms with Crippen molar-refractivity contribution in [1.29, 1.82) is 0 Å². The first kappa shape index (κ1) is 14.2. The topological polar surface area (TPSA) is 24.4 Å². The minimum Gasteiger partial charge on any atom is -0.342 e. The van der Waals surface area contributed by atoms with E-state index >= 15 is 0 Å². The second kappa shape index (κ2) is 5.82. The molecule has 0 aromatic heterocycles. The van der Waals surface area contributed by atoms with Gasteiger partial charge in [0.05, 0.1) is 12.0 Å². The molecule has 2 nitrogen and oxygen atoms in total. The van der Waals surface area contributed by atoms with Crippen LogP contribution in [0.4, 0.5) is 20.2 Å². The first-order chi connectivity index (χ1) is 9.49. The summed E-state index contributed by atoms with van der Waals surface area (Å²) < 4.78 is 26.8. The summed E-state index contributed by atoms with van der Waals surface area (Å²) in [6, 6.07) is 7.75. The van der Waals surface area contributed by atoms with Gasteiger partial charge in [-0.3, -0.25) is 0 Å². The number of halogens is 2. The Morgan fingerprint density at radius 1 is 1.00 bits per heavy atom. The van der Waals surface area contributed by atoms with Crippen molar-refractivity contribution in [2.45, 2.75) is 20.8 Å². The Morgan fingerprint density at radius 3 is 2.10 bits per heavy atom. The maximum absolute atomic E-state index is 13.4. The van der Waals surface area contributed by atoms with Crippen LogP contribution in [0, 0.1) is 32.4 Å². The largest absolute Gasteiger partial charge is 0.342 e. The van der Waals surface area contributed by atoms with E-state index < -0.39 is 11.6 Å². The summed E-state index contributed by atoms with van der Waals surface area (Å²) in [7, 11) is 0. The van der Waals surface area contributed by atoms with Crippen molar-refractivity contribution in [1.82, 2.24) is 0 Å². The number of nitrogens with one attached hydrogen (secondary N) is 1. The van der Waals surface area contributed by atoms with Gasteiger partial charge < -0.3 is 5.32 Å². The van der Waals surface area contributed by atoms with Crippen molar-refractivity contribution in [3.63, 3.8) is 0 Å². The molecule has 0 fully saturated rings. The lowest BCUT2D eigenvalue weighted by molar-refractivity contribution is 0.591. The Kier molecular flexibility index (Phi) is 4.13. The number of aliphatic imine (C=N–C) groups is 1. The Labute approximate surface area is 117 Å². The van der Waals surface area contributed by atoms with E-state index in [1.165, 1.54) is 24.5 Å². The molecule has 0 saturated carbocycles. The molecule has 0 aliphatic heterocycles. The van der Waals surface area contributed by atoms with Gasteiger partial charge in [-0.1, -0.05) is 23.8 Å². The lowest BCUT2D eigenvalue weighted by atomic mass is 10.1. The minimum atomic E-state index is -0.645. The third-order valence-corrected chi connectivity index (χ3v) is 3.00. The zero-order valence-corrected chi connectivity index (χ0v) is 11.7. The molecule has 0 heterocycles. The molecule has 0 aliphatic carbocycles. The third kappa shape index (κ3) is 3.02. The van der Waals surface area contributed by atoms with E-state index in [4.69, 9.17) is 0 Å². The van der Waals surface area contributed by atoms with Crippen molar-refractivity contribution < 1.29 is 8.78 Å². The van der Waals surface area contributed by atoms with E-state index in [0.29, 0.717) is 0 Å². The predicted molar refractivity (Wildman–Crippen MR) is 78.8 cm³/mol. The van der Waals surface area contributed by atoms with Crippen LogP contribution in [0.5, 0.6) is 0 Å². The van der Waals surface area contributed by atoms with Crippen molar-refractivity contribution in [2.75, 3.05) is 5.32 Å². The van der Waals surface area contributed by atoms with Crippen LogP contribution >= 0.6 is 0 Å². The average Bonchev–Trinajstić information content (AvgIpc) is 2.35. The van der Waals surface area contributed by atoms with Crippen LogP contribution in [-0.4, -0.2) is 6.34 Å². The van der Waals surface area contributed by atoms with E-state index in [-0.39, 0.29) is 5.69 Å². The second-order valence-corrected chi connectivity index (χ2v) is 4.75. The molecule has 0 radical (unpaired) electrons. The van der Waals surface area contributed by atoms with Gasteiger partial charge in [0.25, 0.3) is 0 Å². The number of rotatable bonds is 3. The van der Waals surface area contributed by atoms with Crippen LogP contribution < -0.4 is 5.32 Å². The summed E-state index contributed by atoms with van der Waals surface area (Å²) in [6.45, 7) is 5.92. The molecule has 2 aromatic carbocycles. The summed E-state index contributed by atoms with van der Waals surface area (Å²) in [5, 5.41) is 2.56. The zero-order valence-electron chi connectivity index (χ0n) is 11.7. The fraction of sp³-hybridized carbons (Fsp3) is 0.188. The molecule has 20 heavy (non-hydrogen) atoms. The maximum atomic E-state index is 13.4. The van der Waals surface area contributed by atoms with Gasteiger partial charge in [0.1, 0.15) is 17.3 Å². The number of hydrogen-bond donors (Lipinski definition) is 1. The zero-order chi connectivity index (χ0) is 14.7. The Bertz CT molecular complexity index is 620. The van der Waals surface area contributed by atoms with Crippen LogP contribution in [-0.2, 0) is 0 Å². The number of para-hydroxylation sites is 1. The molecule has 0 atom stereocenters. The van der Waals surface area contributed by atoms with Crippen LogP contribution in [0.1, 0.15) is 16.7 Å². The molecule has 0 unspecified atom stereocenters. The van der Waals surface area contributed by atoms with Gasteiger partial charge in [0.15, 0.2) is 0 Å². The Balaban J connectivity index is 2.23. The normalized spacial score (nSPS) is 11.1. The van der Waals surface area contributed by atoms with E-state index in [9.17, 15) is 8.78 Å². The van der Waals surface area contributed by atoms with Gasteiger partial charge in [0, 0.05) is 0 Å². The molecule has 104 valence electrons. The molecule has 0 spiro atoms. The Hall–Kier alpha value is -2.23. The summed E-state index contributed by atoms with van der Waals surface area (Å²) in [4.78, 5) is 4.25. The highest BCUT2D eigenvalue weighted by Crippen LogP contribution is 2.25. The molecule has 1 N–H and O–H groups in total. The van der Waals surface area contributed by atoms with Gasteiger partial charge in [0.2, 0.25) is 0 Å². The number of benzene rings is 2. The van der Waals surface area contributed by atoms with Crippen molar-refractivity contribution in [2.24, 2.45) is 4.99 Å². The molecule has 2 aromatic rings. The first-order valence-corrected chi connectivity index (χ1v) is 6.30. The fourth-order valence-electron chi connectivity index (χ4n) is 2.17. The predicted octanol–water partition coefficient (Wildman–Crippen LogP) is 4.66. The standard InChI is InChI=1S/C16H16F2N2/c1-10-7-11(2)15(12(3)8-10)19-9-20-16-13(17)5-4-6-14(16)18/h4-9H,1-3H3,(H,19,20). The van der Waals surface area contributed by atoms with Crippen LogP contribution in [0.2, 0.25) is 0 Å². The third-order valence-electron chi connectivity index (χ3n) is 3.00. The lowest BCUT2D eigenvalue weighted by Crippen LogP contribution is -2.00. The molecule has 2 rings (SSSR count). The molecule has 0 bridgehead atoms. The van der Waals surface area contributed by atoms with Gasteiger partial charge >= 0.3 is 0 Å². The minimum absolute atomic E-state index is 0.196. The number of anilines is 1. The van der Waals surface area contributed by atoms with Crippen molar-refractivity contribution >= 4 is 17.7 Å². The van der Waals surface area contributed by atoms with Crippen molar-refractivity contribution in [3.05, 3.63) is 58.7 Å². The molecule has 0 saturated heterocycles. The number of aryl methyl sites for hydroxylation is 3. The highest BCUT2D eigenvalue weighted by Gasteiger charge is 2.06. The summed E-state index contributed by atoms with van der Waals surface area (Å²) in [5.41, 5.74) is 3.81. The molecular formula is C16H16F2N2. The van der Waals surface area contributed by atoms with Crippen LogP contribution in [0.3, 0.4) is 0 Å². The number of hydrogen-bond acceptors (Lipinski definition) is 1. The highest BCUT2D eigenvalue weighted by molar-refractivity contribution is 5.79.